The molecule has 2 heterocycles. The third kappa shape index (κ3) is 2.65. The summed E-state index contributed by atoms with van der Waals surface area (Å²) >= 11 is 9.33. The SMILES string of the molecule is O=C1COCC(CCF)(c2cc(Br)cnc2Cl)N1. The zero-order chi connectivity index (χ0) is 13.2. The van der Waals surface area contributed by atoms with Crippen LogP contribution < -0.4 is 5.32 Å². The summed E-state index contributed by atoms with van der Waals surface area (Å²) in [6.07, 6.45) is 1.64. The Bertz CT molecular complexity index is 470. The third-order valence-electron chi connectivity index (χ3n) is 2.80. The molecule has 0 aromatic carbocycles. The molecule has 0 saturated carbocycles. The van der Waals surface area contributed by atoms with E-state index in [1.807, 2.05) is 0 Å². The Morgan fingerprint density at radius 2 is 2.44 bits per heavy atom. The largest absolute Gasteiger partial charge is 0.369 e. The fraction of sp³-hybridized carbons (Fsp3) is 0.455. The Balaban J connectivity index is 2.45. The number of morpholine rings is 1. The first-order chi connectivity index (χ1) is 8.57. The van der Waals surface area contributed by atoms with Crippen molar-refractivity contribution >= 4 is 33.4 Å². The van der Waals surface area contributed by atoms with E-state index in [1.165, 1.54) is 0 Å². The lowest BCUT2D eigenvalue weighted by Crippen LogP contribution is -2.55. The first kappa shape index (κ1) is 13.7. The highest BCUT2D eigenvalue weighted by Crippen LogP contribution is 2.33. The summed E-state index contributed by atoms with van der Waals surface area (Å²) < 4.78 is 18.7. The lowest BCUT2D eigenvalue weighted by atomic mass is 9.88. The molecule has 1 aliphatic heterocycles. The maximum absolute atomic E-state index is 12.8. The molecule has 1 amide bonds. The number of carbonyl (C=O) groups excluding carboxylic acids is 1. The molecule has 1 aliphatic rings. The lowest BCUT2D eigenvalue weighted by molar-refractivity contribution is -0.136. The summed E-state index contributed by atoms with van der Waals surface area (Å²) in [5, 5.41) is 3.00. The zero-order valence-corrected chi connectivity index (χ0v) is 11.7. The fourth-order valence-corrected chi connectivity index (χ4v) is 2.61. The molecule has 1 N–H and O–H groups in total. The van der Waals surface area contributed by atoms with Gasteiger partial charge in [-0.2, -0.15) is 0 Å². The first-order valence-corrected chi connectivity index (χ1v) is 6.51. The minimum absolute atomic E-state index is 0.0207. The Morgan fingerprint density at radius 3 is 3.11 bits per heavy atom. The van der Waals surface area contributed by atoms with Gasteiger partial charge in [0.2, 0.25) is 5.91 Å². The van der Waals surface area contributed by atoms with E-state index in [9.17, 15) is 9.18 Å². The molecule has 0 bridgehead atoms. The van der Waals surface area contributed by atoms with Gasteiger partial charge >= 0.3 is 0 Å². The van der Waals surface area contributed by atoms with E-state index in [2.05, 4.69) is 26.2 Å². The Kier molecular flexibility index (Phi) is 4.19. The first-order valence-electron chi connectivity index (χ1n) is 5.34. The molecule has 1 aromatic heterocycles. The van der Waals surface area contributed by atoms with Crippen LogP contribution in [-0.2, 0) is 15.1 Å². The molecule has 1 unspecified atom stereocenters. The molecule has 1 saturated heterocycles. The monoisotopic (exact) mass is 336 g/mol. The van der Waals surface area contributed by atoms with Crippen molar-refractivity contribution in [2.24, 2.45) is 0 Å². The predicted molar refractivity (Wildman–Crippen MR) is 68.2 cm³/mol. The summed E-state index contributed by atoms with van der Waals surface area (Å²) in [5.74, 6) is -0.286. The molecule has 1 aromatic rings. The van der Waals surface area contributed by atoms with Crippen molar-refractivity contribution in [2.45, 2.75) is 12.0 Å². The maximum Gasteiger partial charge on any atom is 0.246 e. The van der Waals surface area contributed by atoms with Gasteiger partial charge < -0.3 is 10.1 Å². The van der Waals surface area contributed by atoms with Crippen LogP contribution >= 0.6 is 27.5 Å². The summed E-state index contributed by atoms with van der Waals surface area (Å²) in [6, 6.07) is 1.72. The highest BCUT2D eigenvalue weighted by Gasteiger charge is 2.39. The second-order valence-electron chi connectivity index (χ2n) is 4.05. The molecule has 4 nitrogen and oxygen atoms in total. The van der Waals surface area contributed by atoms with Gasteiger partial charge in [-0.15, -0.1) is 0 Å². The second kappa shape index (κ2) is 5.50. The van der Waals surface area contributed by atoms with Crippen molar-refractivity contribution in [1.82, 2.24) is 10.3 Å². The van der Waals surface area contributed by atoms with Crippen LogP contribution in [-0.4, -0.2) is 30.8 Å². The van der Waals surface area contributed by atoms with Gasteiger partial charge in [0.25, 0.3) is 0 Å². The average Bonchev–Trinajstić information content (AvgIpc) is 2.32. The molecular weight excluding hydrogens is 326 g/mol. The number of aromatic nitrogens is 1. The number of halogens is 3. The van der Waals surface area contributed by atoms with Crippen molar-refractivity contribution in [2.75, 3.05) is 19.9 Å². The number of nitrogens with one attached hydrogen (secondary N) is 1. The summed E-state index contributed by atoms with van der Waals surface area (Å²) in [4.78, 5) is 15.5. The van der Waals surface area contributed by atoms with E-state index < -0.39 is 12.2 Å². The number of hydrogen-bond acceptors (Lipinski definition) is 3. The van der Waals surface area contributed by atoms with Gasteiger partial charge in [0.05, 0.1) is 18.8 Å². The predicted octanol–water partition coefficient (Wildman–Crippen LogP) is 2.20. The van der Waals surface area contributed by atoms with Crippen LogP contribution in [0.25, 0.3) is 0 Å². The van der Waals surface area contributed by atoms with Crippen LogP contribution in [0.3, 0.4) is 0 Å². The summed E-state index contributed by atoms with van der Waals surface area (Å²) in [5.41, 5.74) is -0.387. The van der Waals surface area contributed by atoms with Gasteiger partial charge in [-0.1, -0.05) is 11.6 Å². The number of ether oxygens (including phenoxy) is 1. The molecule has 1 atom stereocenters. The third-order valence-corrected chi connectivity index (χ3v) is 3.54. The molecule has 18 heavy (non-hydrogen) atoms. The van der Waals surface area contributed by atoms with Crippen molar-refractivity contribution in [3.8, 4) is 0 Å². The van der Waals surface area contributed by atoms with Crippen molar-refractivity contribution < 1.29 is 13.9 Å². The van der Waals surface area contributed by atoms with Crippen molar-refractivity contribution in [3.63, 3.8) is 0 Å². The van der Waals surface area contributed by atoms with Gasteiger partial charge in [-0.3, -0.25) is 9.18 Å². The number of pyridine rings is 1. The summed E-state index contributed by atoms with van der Waals surface area (Å²) in [7, 11) is 0. The normalized spacial score (nSPS) is 23.8. The van der Waals surface area contributed by atoms with Gasteiger partial charge in [0.15, 0.2) is 0 Å². The minimum Gasteiger partial charge on any atom is -0.369 e. The fourth-order valence-electron chi connectivity index (χ4n) is 1.99. The topological polar surface area (TPSA) is 51.2 Å². The second-order valence-corrected chi connectivity index (χ2v) is 5.33. The zero-order valence-electron chi connectivity index (χ0n) is 9.38. The smallest absolute Gasteiger partial charge is 0.246 e. The maximum atomic E-state index is 12.8. The van der Waals surface area contributed by atoms with E-state index in [-0.39, 0.29) is 30.7 Å². The van der Waals surface area contributed by atoms with Crippen LogP contribution in [0, 0.1) is 0 Å². The van der Waals surface area contributed by atoms with Crippen LogP contribution in [0.2, 0.25) is 5.15 Å². The molecule has 2 rings (SSSR count). The van der Waals surface area contributed by atoms with Crippen LogP contribution in [0.5, 0.6) is 0 Å². The molecule has 0 aliphatic carbocycles. The molecule has 98 valence electrons. The molecule has 1 fully saturated rings. The van der Waals surface area contributed by atoms with Crippen LogP contribution in [0.15, 0.2) is 16.7 Å². The number of nitrogens with zero attached hydrogens (tertiary/aromatic N) is 1. The van der Waals surface area contributed by atoms with Crippen LogP contribution in [0.4, 0.5) is 4.39 Å². The molecular formula is C11H11BrClFN2O2. The highest BCUT2D eigenvalue weighted by molar-refractivity contribution is 9.10. The Morgan fingerprint density at radius 1 is 1.67 bits per heavy atom. The lowest BCUT2D eigenvalue weighted by Gasteiger charge is -2.37. The van der Waals surface area contributed by atoms with E-state index in [0.717, 1.165) is 0 Å². The van der Waals surface area contributed by atoms with Gasteiger partial charge in [-0.25, -0.2) is 4.98 Å². The molecule has 0 radical (unpaired) electrons. The van der Waals surface area contributed by atoms with Crippen LogP contribution in [0.1, 0.15) is 12.0 Å². The van der Waals surface area contributed by atoms with E-state index in [0.29, 0.717) is 10.0 Å². The van der Waals surface area contributed by atoms with Crippen molar-refractivity contribution in [3.05, 3.63) is 27.5 Å². The van der Waals surface area contributed by atoms with E-state index in [1.54, 1.807) is 12.3 Å². The standard InChI is InChI=1S/C11H11BrClFN2O2/c12-7-3-8(10(13)15-4-7)11(1-2-14)6-18-5-9(17)16-11/h3-4H,1-2,5-6H2,(H,16,17). The van der Waals surface area contributed by atoms with Gasteiger partial charge in [-0.05, 0) is 22.0 Å². The minimum atomic E-state index is -0.946. The number of rotatable bonds is 3. The number of carbonyl (C=O) groups is 1. The number of amides is 1. The van der Waals surface area contributed by atoms with Gasteiger partial charge in [0.1, 0.15) is 11.8 Å². The number of alkyl halides is 1. The molecule has 7 heteroatoms. The van der Waals surface area contributed by atoms with Gasteiger partial charge in [0, 0.05) is 22.7 Å². The number of hydrogen-bond donors (Lipinski definition) is 1. The van der Waals surface area contributed by atoms with E-state index >= 15 is 0 Å². The molecule has 0 spiro atoms. The van der Waals surface area contributed by atoms with Crippen molar-refractivity contribution in [1.29, 1.82) is 0 Å². The highest BCUT2D eigenvalue weighted by atomic mass is 79.9. The summed E-state index contributed by atoms with van der Waals surface area (Å²) in [6.45, 7) is -0.430. The Hall–Kier alpha value is -0.720. The van der Waals surface area contributed by atoms with E-state index in [4.69, 9.17) is 16.3 Å². The quantitative estimate of drug-likeness (QED) is 0.860. The Labute approximate surface area is 117 Å². The average molecular weight is 338 g/mol.